The highest BCUT2D eigenvalue weighted by Crippen LogP contribution is 2.19. The summed E-state index contributed by atoms with van der Waals surface area (Å²) in [5.74, 6) is 0.978. The fourth-order valence-corrected chi connectivity index (χ4v) is 1.44. The molecule has 1 rings (SSSR count). The maximum absolute atomic E-state index is 4.34. The van der Waals surface area contributed by atoms with Gasteiger partial charge in [-0.15, -0.1) is 12.6 Å². The number of nitrogens with zero attached hydrogens (tertiary/aromatic N) is 2. The van der Waals surface area contributed by atoms with Crippen LogP contribution >= 0.6 is 12.6 Å². The van der Waals surface area contributed by atoms with Crippen LogP contribution < -0.4 is 4.90 Å². The predicted octanol–water partition coefficient (Wildman–Crippen LogP) is 2.22. The van der Waals surface area contributed by atoms with Gasteiger partial charge in [0.25, 0.3) is 0 Å². The van der Waals surface area contributed by atoms with Gasteiger partial charge in [0, 0.05) is 24.2 Å². The molecule has 0 aliphatic rings. The van der Waals surface area contributed by atoms with Crippen LogP contribution in [0.5, 0.6) is 0 Å². The predicted molar refractivity (Wildman–Crippen MR) is 55.1 cm³/mol. The van der Waals surface area contributed by atoms with Crippen molar-refractivity contribution < 1.29 is 0 Å². The van der Waals surface area contributed by atoms with Crippen molar-refractivity contribution in [2.75, 3.05) is 18.0 Å². The van der Waals surface area contributed by atoms with Crippen molar-refractivity contribution in [3.05, 3.63) is 18.3 Å². The lowest BCUT2D eigenvalue weighted by Crippen LogP contribution is -2.23. The van der Waals surface area contributed by atoms with E-state index in [1.807, 2.05) is 12.1 Å². The summed E-state index contributed by atoms with van der Waals surface area (Å²) < 4.78 is 0. The molecular formula is C9H14N2S. The quantitative estimate of drug-likeness (QED) is 0.721. The number of thiol groups is 1. The standard InChI is InChI=1S/C9H14N2S/c1-3-11(4-2)9-8(12)6-5-7-10-9/h5-7,12H,3-4H2,1-2H3. The molecule has 0 spiro atoms. The molecule has 1 aromatic heterocycles. The van der Waals surface area contributed by atoms with E-state index in [1.165, 1.54) is 0 Å². The van der Waals surface area contributed by atoms with E-state index in [0.29, 0.717) is 0 Å². The van der Waals surface area contributed by atoms with E-state index < -0.39 is 0 Å². The van der Waals surface area contributed by atoms with E-state index >= 15 is 0 Å². The maximum atomic E-state index is 4.34. The van der Waals surface area contributed by atoms with E-state index in [1.54, 1.807) is 6.20 Å². The molecule has 0 unspecified atom stereocenters. The fourth-order valence-electron chi connectivity index (χ4n) is 1.16. The second kappa shape index (κ2) is 4.36. The zero-order valence-electron chi connectivity index (χ0n) is 7.49. The lowest BCUT2D eigenvalue weighted by atomic mass is 10.4. The lowest BCUT2D eigenvalue weighted by molar-refractivity contribution is 0.833. The first kappa shape index (κ1) is 9.39. The van der Waals surface area contributed by atoms with Crippen molar-refractivity contribution in [3.63, 3.8) is 0 Å². The van der Waals surface area contributed by atoms with Crippen LogP contribution in [0.25, 0.3) is 0 Å². The van der Waals surface area contributed by atoms with E-state index in [4.69, 9.17) is 0 Å². The zero-order valence-corrected chi connectivity index (χ0v) is 8.38. The number of aromatic nitrogens is 1. The fraction of sp³-hybridized carbons (Fsp3) is 0.444. The minimum atomic E-state index is 0.946. The monoisotopic (exact) mass is 182 g/mol. The SMILES string of the molecule is CCN(CC)c1ncccc1S. The Bertz CT molecular complexity index is 246. The van der Waals surface area contributed by atoms with Gasteiger partial charge in [-0.1, -0.05) is 0 Å². The first-order chi connectivity index (χ1) is 5.79. The summed E-state index contributed by atoms with van der Waals surface area (Å²) in [4.78, 5) is 7.40. The molecule has 0 aliphatic carbocycles. The summed E-state index contributed by atoms with van der Waals surface area (Å²) in [5, 5.41) is 0. The second-order valence-corrected chi connectivity index (χ2v) is 3.00. The third-order valence-electron chi connectivity index (χ3n) is 1.83. The smallest absolute Gasteiger partial charge is 0.141 e. The normalized spacial score (nSPS) is 9.92. The Kier molecular flexibility index (Phi) is 3.41. The highest BCUT2D eigenvalue weighted by atomic mass is 32.1. The minimum absolute atomic E-state index is 0.946. The Labute approximate surface area is 79.0 Å². The average molecular weight is 182 g/mol. The Balaban J connectivity index is 2.92. The maximum Gasteiger partial charge on any atom is 0.141 e. The van der Waals surface area contributed by atoms with E-state index in [0.717, 1.165) is 23.8 Å². The van der Waals surface area contributed by atoms with Gasteiger partial charge in [-0.25, -0.2) is 4.98 Å². The first-order valence-electron chi connectivity index (χ1n) is 4.18. The molecule has 0 fully saturated rings. The van der Waals surface area contributed by atoms with Gasteiger partial charge in [0.15, 0.2) is 0 Å². The molecule has 1 aromatic rings. The van der Waals surface area contributed by atoms with Crippen LogP contribution in [0, 0.1) is 0 Å². The number of rotatable bonds is 3. The lowest BCUT2D eigenvalue weighted by Gasteiger charge is -2.20. The molecule has 0 radical (unpaired) electrons. The molecule has 0 saturated carbocycles. The molecule has 0 atom stereocenters. The molecule has 3 heteroatoms. The molecule has 0 N–H and O–H groups in total. The van der Waals surface area contributed by atoms with Crippen molar-refractivity contribution >= 4 is 18.4 Å². The molecule has 0 amide bonds. The first-order valence-corrected chi connectivity index (χ1v) is 4.63. The molecule has 0 bridgehead atoms. The van der Waals surface area contributed by atoms with Crippen LogP contribution in [-0.2, 0) is 0 Å². The Morgan fingerprint density at radius 2 is 2.08 bits per heavy atom. The van der Waals surface area contributed by atoms with Crippen molar-refractivity contribution in [1.29, 1.82) is 0 Å². The van der Waals surface area contributed by atoms with Crippen molar-refractivity contribution in [3.8, 4) is 0 Å². The van der Waals surface area contributed by atoms with E-state index in [9.17, 15) is 0 Å². The van der Waals surface area contributed by atoms with Crippen LogP contribution in [0.2, 0.25) is 0 Å². The van der Waals surface area contributed by atoms with E-state index in [2.05, 4.69) is 36.4 Å². The molecule has 12 heavy (non-hydrogen) atoms. The van der Waals surface area contributed by atoms with Crippen molar-refractivity contribution in [1.82, 2.24) is 4.98 Å². The summed E-state index contributed by atoms with van der Waals surface area (Å²) in [6.07, 6.45) is 1.80. The van der Waals surface area contributed by atoms with Gasteiger partial charge in [-0.05, 0) is 26.0 Å². The number of anilines is 1. The highest BCUT2D eigenvalue weighted by Gasteiger charge is 2.05. The molecular weight excluding hydrogens is 168 g/mol. The van der Waals surface area contributed by atoms with Gasteiger partial charge in [0.05, 0.1) is 0 Å². The Morgan fingerprint density at radius 3 is 2.58 bits per heavy atom. The summed E-state index contributed by atoms with van der Waals surface area (Å²) in [7, 11) is 0. The highest BCUT2D eigenvalue weighted by molar-refractivity contribution is 7.80. The molecule has 0 aromatic carbocycles. The summed E-state index contributed by atoms with van der Waals surface area (Å²) in [6, 6.07) is 3.86. The molecule has 1 heterocycles. The number of pyridine rings is 1. The third kappa shape index (κ3) is 1.91. The van der Waals surface area contributed by atoms with Crippen LogP contribution in [0.1, 0.15) is 13.8 Å². The largest absolute Gasteiger partial charge is 0.356 e. The minimum Gasteiger partial charge on any atom is -0.356 e. The molecule has 2 nitrogen and oxygen atoms in total. The number of hydrogen-bond donors (Lipinski definition) is 1. The summed E-state index contributed by atoms with van der Waals surface area (Å²) in [6.45, 7) is 6.18. The molecule has 66 valence electrons. The van der Waals surface area contributed by atoms with Crippen molar-refractivity contribution in [2.24, 2.45) is 0 Å². The van der Waals surface area contributed by atoms with Gasteiger partial charge >= 0.3 is 0 Å². The Hall–Kier alpha value is -0.700. The summed E-state index contributed by atoms with van der Waals surface area (Å²) >= 11 is 4.34. The zero-order chi connectivity index (χ0) is 8.97. The van der Waals surface area contributed by atoms with E-state index in [-0.39, 0.29) is 0 Å². The van der Waals surface area contributed by atoms with Gasteiger partial charge < -0.3 is 4.90 Å². The third-order valence-corrected chi connectivity index (χ3v) is 2.18. The molecule has 0 aliphatic heterocycles. The Morgan fingerprint density at radius 1 is 1.42 bits per heavy atom. The molecule has 0 saturated heterocycles. The van der Waals surface area contributed by atoms with Gasteiger partial charge in [-0.3, -0.25) is 0 Å². The topological polar surface area (TPSA) is 16.1 Å². The van der Waals surface area contributed by atoms with Crippen LogP contribution in [0.4, 0.5) is 5.82 Å². The van der Waals surface area contributed by atoms with Gasteiger partial charge in [0.1, 0.15) is 5.82 Å². The van der Waals surface area contributed by atoms with Crippen molar-refractivity contribution in [2.45, 2.75) is 18.7 Å². The van der Waals surface area contributed by atoms with Crippen LogP contribution in [0.15, 0.2) is 23.2 Å². The van der Waals surface area contributed by atoms with Gasteiger partial charge in [0.2, 0.25) is 0 Å². The number of hydrogen-bond acceptors (Lipinski definition) is 3. The van der Waals surface area contributed by atoms with Gasteiger partial charge in [-0.2, -0.15) is 0 Å². The van der Waals surface area contributed by atoms with Crippen LogP contribution in [-0.4, -0.2) is 18.1 Å². The second-order valence-electron chi connectivity index (χ2n) is 2.52. The summed E-state index contributed by atoms with van der Waals surface area (Å²) in [5.41, 5.74) is 0. The van der Waals surface area contributed by atoms with Crippen LogP contribution in [0.3, 0.4) is 0 Å². The average Bonchev–Trinajstić information content (AvgIpc) is 2.10.